The van der Waals surface area contributed by atoms with Crippen LogP contribution in [0.1, 0.15) is 28.9 Å². The highest BCUT2D eigenvalue weighted by molar-refractivity contribution is 7.13. The minimum Gasteiger partial charge on any atom is -0.365 e. The molecule has 2 aromatic rings. The van der Waals surface area contributed by atoms with Crippen LogP contribution in [0.15, 0.2) is 29.6 Å². The average Bonchev–Trinajstić information content (AvgIpc) is 3.19. The van der Waals surface area contributed by atoms with E-state index in [2.05, 4.69) is 15.6 Å². The molecule has 0 aliphatic carbocycles. The summed E-state index contributed by atoms with van der Waals surface area (Å²) < 4.78 is 0. The minimum atomic E-state index is -0.633. The lowest BCUT2D eigenvalue weighted by molar-refractivity contribution is -0.122. The van der Waals surface area contributed by atoms with Crippen LogP contribution in [0.2, 0.25) is 0 Å². The highest BCUT2D eigenvalue weighted by Crippen LogP contribution is 2.43. The number of hydrogen-bond donors (Lipinski definition) is 2. The fourth-order valence-corrected chi connectivity index (χ4v) is 4.30. The molecule has 0 saturated carbocycles. The van der Waals surface area contributed by atoms with E-state index in [0.717, 1.165) is 24.1 Å². The van der Waals surface area contributed by atoms with Crippen molar-refractivity contribution < 1.29 is 9.59 Å². The maximum atomic E-state index is 12.8. The molecule has 1 atom stereocenters. The van der Waals surface area contributed by atoms with Crippen molar-refractivity contribution in [3.8, 4) is 0 Å². The molecule has 0 radical (unpaired) electrons. The van der Waals surface area contributed by atoms with Gasteiger partial charge in [-0.3, -0.25) is 9.59 Å². The summed E-state index contributed by atoms with van der Waals surface area (Å²) in [6, 6.07) is 7.77. The predicted octanol–water partition coefficient (Wildman–Crippen LogP) is 2.31. The van der Waals surface area contributed by atoms with Gasteiger partial charge in [-0.25, -0.2) is 4.98 Å². The number of carbonyl (C=O) groups is 2. The fraction of sp³-hybridized carbons (Fsp3) is 0.353. The molecule has 0 bridgehead atoms. The number of carbonyl (C=O) groups excluding carboxylic acids is 2. The van der Waals surface area contributed by atoms with Crippen molar-refractivity contribution in [2.45, 2.75) is 18.3 Å². The van der Waals surface area contributed by atoms with Crippen molar-refractivity contribution >= 4 is 34.0 Å². The van der Waals surface area contributed by atoms with E-state index in [1.807, 2.05) is 24.3 Å². The summed E-state index contributed by atoms with van der Waals surface area (Å²) in [6.45, 7) is 1.06. The third-order valence-corrected chi connectivity index (χ3v) is 5.70. The van der Waals surface area contributed by atoms with Crippen LogP contribution in [0.5, 0.6) is 0 Å². The molecule has 24 heavy (non-hydrogen) atoms. The zero-order chi connectivity index (χ0) is 16.7. The van der Waals surface area contributed by atoms with Crippen molar-refractivity contribution in [2.75, 3.05) is 30.8 Å². The van der Waals surface area contributed by atoms with Crippen molar-refractivity contribution in [3.63, 3.8) is 0 Å². The fourth-order valence-electron chi connectivity index (χ4n) is 3.66. The number of nitrogens with one attached hydrogen (secondary N) is 2. The summed E-state index contributed by atoms with van der Waals surface area (Å²) in [6.07, 6.45) is 1.56. The predicted molar refractivity (Wildman–Crippen MR) is 93.5 cm³/mol. The number of amides is 2. The van der Waals surface area contributed by atoms with E-state index in [4.69, 9.17) is 0 Å². The molecule has 6 nitrogen and oxygen atoms in total. The first-order valence-corrected chi connectivity index (χ1v) is 8.85. The molecule has 2 aliphatic rings. The summed E-state index contributed by atoms with van der Waals surface area (Å²) in [5.41, 5.74) is 1.67. The molecule has 2 aliphatic heterocycles. The van der Waals surface area contributed by atoms with Crippen molar-refractivity contribution in [1.82, 2.24) is 9.88 Å². The second-order valence-corrected chi connectivity index (χ2v) is 7.06. The van der Waals surface area contributed by atoms with Gasteiger partial charge in [-0.05, 0) is 24.5 Å². The number of piperidine rings is 1. The summed E-state index contributed by atoms with van der Waals surface area (Å²) in [4.78, 5) is 31.6. The van der Waals surface area contributed by atoms with E-state index in [0.29, 0.717) is 23.9 Å². The SMILES string of the molecule is CNc1nc(C(=O)N2CCC[C@@]3(C2)C(=O)Nc2ccccc23)cs1. The Labute approximate surface area is 143 Å². The van der Waals surface area contributed by atoms with Gasteiger partial charge in [0.15, 0.2) is 5.13 Å². The van der Waals surface area contributed by atoms with Crippen LogP contribution < -0.4 is 10.6 Å². The number of aromatic nitrogens is 1. The largest absolute Gasteiger partial charge is 0.365 e. The van der Waals surface area contributed by atoms with Gasteiger partial charge in [0.25, 0.3) is 5.91 Å². The lowest BCUT2D eigenvalue weighted by atomic mass is 9.75. The van der Waals surface area contributed by atoms with Crippen LogP contribution in [-0.4, -0.2) is 41.8 Å². The Kier molecular flexibility index (Phi) is 3.53. The number of benzene rings is 1. The average molecular weight is 342 g/mol. The van der Waals surface area contributed by atoms with Gasteiger partial charge < -0.3 is 15.5 Å². The number of nitrogens with zero attached hydrogens (tertiary/aromatic N) is 2. The molecule has 1 saturated heterocycles. The summed E-state index contributed by atoms with van der Waals surface area (Å²) in [5.74, 6) is -0.112. The summed E-state index contributed by atoms with van der Waals surface area (Å²) in [5, 5.41) is 8.40. The number of anilines is 2. The molecule has 7 heteroatoms. The topological polar surface area (TPSA) is 74.3 Å². The summed E-state index contributed by atoms with van der Waals surface area (Å²) in [7, 11) is 1.78. The standard InChI is InChI=1S/C17H18N4O2S/c1-18-16-20-13(9-24-16)14(22)21-8-4-7-17(10-21)11-5-2-3-6-12(11)19-15(17)23/h2-3,5-6,9H,4,7-8,10H2,1H3,(H,18,20)(H,19,23)/t17-/m0/s1. The Bertz CT molecular complexity index is 818. The zero-order valence-electron chi connectivity index (χ0n) is 13.3. The highest BCUT2D eigenvalue weighted by Gasteiger charge is 2.50. The molecule has 1 aromatic heterocycles. The van der Waals surface area contributed by atoms with Crippen molar-refractivity contribution in [2.24, 2.45) is 0 Å². The second-order valence-electron chi connectivity index (χ2n) is 6.20. The first-order chi connectivity index (χ1) is 11.6. The Hall–Kier alpha value is -2.41. The molecule has 1 spiro atoms. The Morgan fingerprint density at radius 1 is 1.42 bits per heavy atom. The molecular weight excluding hydrogens is 324 g/mol. The highest BCUT2D eigenvalue weighted by atomic mass is 32.1. The van der Waals surface area contributed by atoms with Crippen LogP contribution in [0.3, 0.4) is 0 Å². The van der Waals surface area contributed by atoms with Crippen LogP contribution in [-0.2, 0) is 10.2 Å². The van der Waals surface area contributed by atoms with Crippen LogP contribution in [0.25, 0.3) is 0 Å². The quantitative estimate of drug-likeness (QED) is 0.878. The molecule has 1 aromatic carbocycles. The van der Waals surface area contributed by atoms with E-state index in [9.17, 15) is 9.59 Å². The maximum Gasteiger partial charge on any atom is 0.273 e. The van der Waals surface area contributed by atoms with E-state index < -0.39 is 5.41 Å². The smallest absolute Gasteiger partial charge is 0.273 e. The number of likely N-dealkylation sites (tertiary alicyclic amines) is 1. The molecule has 124 valence electrons. The monoisotopic (exact) mass is 342 g/mol. The van der Waals surface area contributed by atoms with Gasteiger partial charge in [0.2, 0.25) is 5.91 Å². The van der Waals surface area contributed by atoms with Gasteiger partial charge in [-0.15, -0.1) is 11.3 Å². The molecule has 2 amide bonds. The van der Waals surface area contributed by atoms with Gasteiger partial charge in [-0.2, -0.15) is 0 Å². The van der Waals surface area contributed by atoms with Gasteiger partial charge in [0.1, 0.15) is 5.69 Å². The first-order valence-electron chi connectivity index (χ1n) is 7.97. The number of fused-ring (bicyclic) bond motifs is 2. The van der Waals surface area contributed by atoms with Crippen LogP contribution in [0, 0.1) is 0 Å². The summed E-state index contributed by atoms with van der Waals surface area (Å²) >= 11 is 1.41. The molecule has 1 fully saturated rings. The van der Waals surface area contributed by atoms with Gasteiger partial charge in [0, 0.05) is 31.2 Å². The Morgan fingerprint density at radius 3 is 3.04 bits per heavy atom. The number of thiazole rings is 1. The lowest BCUT2D eigenvalue weighted by Gasteiger charge is -2.38. The normalized spacial score (nSPS) is 22.4. The number of para-hydroxylation sites is 1. The lowest BCUT2D eigenvalue weighted by Crippen LogP contribution is -2.51. The molecule has 2 N–H and O–H groups in total. The Morgan fingerprint density at radius 2 is 2.25 bits per heavy atom. The van der Waals surface area contributed by atoms with Crippen molar-refractivity contribution in [3.05, 3.63) is 40.9 Å². The van der Waals surface area contributed by atoms with E-state index >= 15 is 0 Å². The minimum absolute atomic E-state index is 0.00427. The van der Waals surface area contributed by atoms with Gasteiger partial charge >= 0.3 is 0 Å². The van der Waals surface area contributed by atoms with Crippen LogP contribution in [0.4, 0.5) is 10.8 Å². The number of hydrogen-bond acceptors (Lipinski definition) is 5. The molecule has 3 heterocycles. The van der Waals surface area contributed by atoms with Crippen LogP contribution >= 0.6 is 11.3 Å². The molecule has 0 unspecified atom stereocenters. The van der Waals surface area contributed by atoms with Gasteiger partial charge in [-0.1, -0.05) is 18.2 Å². The Balaban J connectivity index is 1.64. The molecule has 4 rings (SSSR count). The van der Waals surface area contributed by atoms with E-state index in [-0.39, 0.29) is 11.8 Å². The second kappa shape index (κ2) is 5.59. The van der Waals surface area contributed by atoms with Gasteiger partial charge in [0.05, 0.1) is 5.41 Å². The third-order valence-electron chi connectivity index (χ3n) is 4.84. The molecular formula is C17H18N4O2S. The zero-order valence-corrected chi connectivity index (χ0v) is 14.2. The maximum absolute atomic E-state index is 12.8. The first kappa shape index (κ1) is 15.1. The van der Waals surface area contributed by atoms with Crippen molar-refractivity contribution in [1.29, 1.82) is 0 Å². The van der Waals surface area contributed by atoms with E-state index in [1.54, 1.807) is 17.3 Å². The third kappa shape index (κ3) is 2.19. The van der Waals surface area contributed by atoms with E-state index in [1.165, 1.54) is 11.3 Å². The number of rotatable bonds is 2.